The molecule has 0 amide bonds. The third-order valence-electron chi connectivity index (χ3n) is 2.35. The molecule has 3 N–H and O–H groups in total. The Morgan fingerprint density at radius 3 is 2.71 bits per heavy atom. The summed E-state index contributed by atoms with van der Waals surface area (Å²) >= 11 is 0. The Morgan fingerprint density at radius 2 is 2.21 bits per heavy atom. The van der Waals surface area contributed by atoms with Gasteiger partial charge in [0.2, 0.25) is 0 Å². The lowest BCUT2D eigenvalue weighted by Gasteiger charge is -2.12. The first-order chi connectivity index (χ1) is 6.67. The summed E-state index contributed by atoms with van der Waals surface area (Å²) in [6, 6.07) is 2.40. The van der Waals surface area contributed by atoms with Gasteiger partial charge < -0.3 is 5.73 Å². The molecule has 0 aromatic carbocycles. The van der Waals surface area contributed by atoms with Crippen molar-refractivity contribution in [2.24, 2.45) is 5.73 Å². The van der Waals surface area contributed by atoms with Crippen LogP contribution in [0.5, 0.6) is 0 Å². The molecule has 0 unspecified atom stereocenters. The Morgan fingerprint density at radius 1 is 1.57 bits per heavy atom. The quantitative estimate of drug-likeness (QED) is 0.553. The highest BCUT2D eigenvalue weighted by Crippen LogP contribution is 2.14. The third-order valence-corrected chi connectivity index (χ3v) is 2.35. The first kappa shape index (κ1) is 10.8. The Labute approximate surface area is 84.6 Å². The SMILES string of the molecule is CCC(CC)n1ccc(CC(=N)N)n1. The summed E-state index contributed by atoms with van der Waals surface area (Å²) in [5.41, 5.74) is 6.19. The van der Waals surface area contributed by atoms with Crippen molar-refractivity contribution in [1.29, 1.82) is 5.41 Å². The van der Waals surface area contributed by atoms with Crippen LogP contribution in [0.25, 0.3) is 0 Å². The van der Waals surface area contributed by atoms with Crippen LogP contribution in [0.1, 0.15) is 38.4 Å². The van der Waals surface area contributed by atoms with Crippen molar-refractivity contribution in [3.05, 3.63) is 18.0 Å². The number of nitrogens with one attached hydrogen (secondary N) is 1. The fourth-order valence-electron chi connectivity index (χ4n) is 1.53. The standard InChI is InChI=1S/C10H18N4/c1-3-9(4-2)14-6-5-8(13-14)7-10(11)12/h5-6,9H,3-4,7H2,1-2H3,(H3,11,12). The smallest absolute Gasteiger partial charge is 0.0966 e. The number of hydrogen-bond donors (Lipinski definition) is 2. The van der Waals surface area contributed by atoms with Crippen LogP contribution in [0, 0.1) is 5.41 Å². The number of rotatable bonds is 5. The zero-order valence-corrected chi connectivity index (χ0v) is 8.83. The number of hydrogen-bond acceptors (Lipinski definition) is 2. The first-order valence-corrected chi connectivity index (χ1v) is 5.04. The Kier molecular flexibility index (Phi) is 3.68. The van der Waals surface area contributed by atoms with E-state index in [0.29, 0.717) is 12.5 Å². The van der Waals surface area contributed by atoms with Gasteiger partial charge in [0.25, 0.3) is 0 Å². The highest BCUT2D eigenvalue weighted by molar-refractivity contribution is 5.78. The van der Waals surface area contributed by atoms with Crippen molar-refractivity contribution in [3.63, 3.8) is 0 Å². The second kappa shape index (κ2) is 4.79. The molecule has 14 heavy (non-hydrogen) atoms. The van der Waals surface area contributed by atoms with Crippen LogP contribution in [0.3, 0.4) is 0 Å². The van der Waals surface area contributed by atoms with E-state index in [4.69, 9.17) is 11.1 Å². The normalized spacial score (nSPS) is 10.8. The molecule has 1 aromatic heterocycles. The molecule has 0 atom stereocenters. The van der Waals surface area contributed by atoms with Crippen molar-refractivity contribution in [2.75, 3.05) is 0 Å². The van der Waals surface area contributed by atoms with Crippen LogP contribution in [-0.4, -0.2) is 15.6 Å². The van der Waals surface area contributed by atoms with Crippen molar-refractivity contribution < 1.29 is 0 Å². The fourth-order valence-corrected chi connectivity index (χ4v) is 1.53. The topological polar surface area (TPSA) is 67.7 Å². The molecule has 0 saturated heterocycles. The predicted octanol–water partition coefficient (Wildman–Crippen LogP) is 1.72. The van der Waals surface area contributed by atoms with E-state index < -0.39 is 0 Å². The van der Waals surface area contributed by atoms with Crippen molar-refractivity contribution in [3.8, 4) is 0 Å². The van der Waals surface area contributed by atoms with Gasteiger partial charge in [-0.1, -0.05) is 13.8 Å². The predicted molar refractivity (Wildman–Crippen MR) is 57.5 cm³/mol. The van der Waals surface area contributed by atoms with Crippen LogP contribution in [-0.2, 0) is 6.42 Å². The second-order valence-corrected chi connectivity index (χ2v) is 3.46. The molecule has 1 rings (SSSR count). The van der Waals surface area contributed by atoms with Crippen LogP contribution in [0.15, 0.2) is 12.3 Å². The van der Waals surface area contributed by atoms with Gasteiger partial charge in [-0.2, -0.15) is 5.10 Å². The molecule has 0 aliphatic heterocycles. The molecule has 0 saturated carbocycles. The lowest BCUT2D eigenvalue weighted by molar-refractivity contribution is 0.426. The maximum atomic E-state index is 7.17. The van der Waals surface area contributed by atoms with E-state index in [1.165, 1.54) is 0 Å². The van der Waals surface area contributed by atoms with Gasteiger partial charge in [-0.05, 0) is 18.9 Å². The molecule has 0 aliphatic rings. The number of aromatic nitrogens is 2. The molecule has 1 heterocycles. The maximum absolute atomic E-state index is 7.17. The minimum absolute atomic E-state index is 0.166. The monoisotopic (exact) mass is 194 g/mol. The minimum Gasteiger partial charge on any atom is -0.387 e. The molecule has 78 valence electrons. The van der Waals surface area contributed by atoms with Crippen LogP contribution in [0.2, 0.25) is 0 Å². The van der Waals surface area contributed by atoms with E-state index in [1.807, 2.05) is 16.9 Å². The summed E-state index contributed by atoms with van der Waals surface area (Å²) < 4.78 is 1.97. The Bertz CT molecular complexity index is 299. The molecular formula is C10H18N4. The molecule has 1 aromatic rings. The van der Waals surface area contributed by atoms with Gasteiger partial charge >= 0.3 is 0 Å². The first-order valence-electron chi connectivity index (χ1n) is 5.04. The summed E-state index contributed by atoms with van der Waals surface area (Å²) in [5, 5.41) is 11.6. The van der Waals surface area contributed by atoms with Gasteiger partial charge in [0.15, 0.2) is 0 Å². The van der Waals surface area contributed by atoms with Gasteiger partial charge in [-0.3, -0.25) is 10.1 Å². The zero-order valence-electron chi connectivity index (χ0n) is 8.83. The average molecular weight is 194 g/mol. The van der Waals surface area contributed by atoms with Crippen molar-refractivity contribution in [1.82, 2.24) is 9.78 Å². The minimum atomic E-state index is 0.166. The maximum Gasteiger partial charge on any atom is 0.0966 e. The number of amidine groups is 1. The Hall–Kier alpha value is -1.32. The van der Waals surface area contributed by atoms with E-state index >= 15 is 0 Å². The molecule has 0 spiro atoms. The van der Waals surface area contributed by atoms with Crippen LogP contribution < -0.4 is 5.73 Å². The average Bonchev–Trinajstić information content (AvgIpc) is 2.54. The lowest BCUT2D eigenvalue weighted by Crippen LogP contribution is -2.14. The largest absolute Gasteiger partial charge is 0.387 e. The highest BCUT2D eigenvalue weighted by Gasteiger charge is 2.07. The van der Waals surface area contributed by atoms with E-state index in [2.05, 4.69) is 18.9 Å². The van der Waals surface area contributed by atoms with E-state index in [-0.39, 0.29) is 5.84 Å². The van der Waals surface area contributed by atoms with Crippen LogP contribution >= 0.6 is 0 Å². The molecule has 0 fully saturated rings. The van der Waals surface area contributed by atoms with E-state index in [1.54, 1.807) is 0 Å². The van der Waals surface area contributed by atoms with Gasteiger partial charge in [0.1, 0.15) is 0 Å². The molecule has 4 nitrogen and oxygen atoms in total. The molecule has 4 heteroatoms. The van der Waals surface area contributed by atoms with Gasteiger partial charge in [0.05, 0.1) is 17.6 Å². The summed E-state index contributed by atoms with van der Waals surface area (Å²) in [6.07, 6.45) is 4.58. The fraction of sp³-hybridized carbons (Fsp3) is 0.600. The molecule has 0 bridgehead atoms. The highest BCUT2D eigenvalue weighted by atomic mass is 15.3. The Balaban J connectivity index is 2.71. The second-order valence-electron chi connectivity index (χ2n) is 3.46. The number of nitrogens with two attached hydrogens (primary N) is 1. The van der Waals surface area contributed by atoms with Gasteiger partial charge in [-0.25, -0.2) is 0 Å². The summed E-state index contributed by atoms with van der Waals surface area (Å²) in [6.45, 7) is 4.31. The molecule has 0 radical (unpaired) electrons. The van der Waals surface area contributed by atoms with Crippen LogP contribution in [0.4, 0.5) is 0 Å². The van der Waals surface area contributed by atoms with Crippen molar-refractivity contribution in [2.45, 2.75) is 39.2 Å². The van der Waals surface area contributed by atoms with E-state index in [9.17, 15) is 0 Å². The number of nitrogens with zero attached hydrogens (tertiary/aromatic N) is 2. The molecular weight excluding hydrogens is 176 g/mol. The van der Waals surface area contributed by atoms with Gasteiger partial charge in [-0.15, -0.1) is 0 Å². The lowest BCUT2D eigenvalue weighted by atomic mass is 10.2. The van der Waals surface area contributed by atoms with E-state index in [0.717, 1.165) is 18.5 Å². The summed E-state index contributed by atoms with van der Waals surface area (Å²) in [5.74, 6) is 0.166. The molecule has 0 aliphatic carbocycles. The summed E-state index contributed by atoms with van der Waals surface area (Å²) in [4.78, 5) is 0. The summed E-state index contributed by atoms with van der Waals surface area (Å²) in [7, 11) is 0. The zero-order chi connectivity index (χ0) is 10.6. The van der Waals surface area contributed by atoms with Gasteiger partial charge in [0, 0.05) is 12.6 Å². The van der Waals surface area contributed by atoms with Crippen molar-refractivity contribution >= 4 is 5.84 Å². The third kappa shape index (κ3) is 2.58.